The van der Waals surface area contributed by atoms with Crippen molar-refractivity contribution in [3.8, 4) is 0 Å². The molecule has 3 nitrogen and oxygen atoms in total. The van der Waals surface area contributed by atoms with E-state index in [0.29, 0.717) is 11.8 Å². The highest BCUT2D eigenvalue weighted by Gasteiger charge is 2.23. The van der Waals surface area contributed by atoms with Crippen LogP contribution in [0.5, 0.6) is 0 Å². The summed E-state index contributed by atoms with van der Waals surface area (Å²) >= 11 is 0. The van der Waals surface area contributed by atoms with Gasteiger partial charge < -0.3 is 5.32 Å². The number of rotatable bonds is 4. The molecule has 0 unspecified atom stereocenters. The van der Waals surface area contributed by atoms with Gasteiger partial charge in [-0.2, -0.15) is 0 Å². The normalized spacial score (nSPS) is 23.6. The van der Waals surface area contributed by atoms with Crippen LogP contribution in [0, 0.1) is 5.92 Å². The zero-order valence-electron chi connectivity index (χ0n) is 12.7. The van der Waals surface area contributed by atoms with Crippen LogP contribution in [0.25, 0.3) is 0 Å². The van der Waals surface area contributed by atoms with E-state index in [-0.39, 0.29) is 0 Å². The summed E-state index contributed by atoms with van der Waals surface area (Å²) in [6.45, 7) is 9.77. The van der Waals surface area contributed by atoms with Gasteiger partial charge >= 0.3 is 0 Å². The van der Waals surface area contributed by atoms with Crippen molar-refractivity contribution in [2.75, 3.05) is 11.9 Å². The predicted molar refractivity (Wildman–Crippen MR) is 80.7 cm³/mol. The Kier molecular flexibility index (Phi) is 4.78. The van der Waals surface area contributed by atoms with Crippen molar-refractivity contribution in [3.05, 3.63) is 17.6 Å². The standard InChI is InChI=1S/C16H27N3/c1-5-17-15-10-14(11(2)3)18-16(19-15)13-8-6-12(4)7-9-13/h10-13H,5-9H2,1-4H3,(H,17,18,19). The lowest BCUT2D eigenvalue weighted by molar-refractivity contribution is 0.339. The molecule has 0 amide bonds. The Hall–Kier alpha value is -1.12. The van der Waals surface area contributed by atoms with Gasteiger partial charge in [-0.25, -0.2) is 9.97 Å². The summed E-state index contributed by atoms with van der Waals surface area (Å²) in [4.78, 5) is 9.54. The van der Waals surface area contributed by atoms with Gasteiger partial charge in [0.05, 0.1) is 0 Å². The molecule has 1 aliphatic rings. The predicted octanol–water partition coefficient (Wildman–Crippen LogP) is 4.33. The van der Waals surface area contributed by atoms with Crippen molar-refractivity contribution in [1.82, 2.24) is 9.97 Å². The minimum absolute atomic E-state index is 0.460. The molecule has 1 N–H and O–H groups in total. The van der Waals surface area contributed by atoms with E-state index in [1.54, 1.807) is 0 Å². The molecular formula is C16H27N3. The first-order valence-electron chi connectivity index (χ1n) is 7.72. The van der Waals surface area contributed by atoms with Crippen LogP contribution in [0.2, 0.25) is 0 Å². The van der Waals surface area contributed by atoms with E-state index in [1.165, 1.54) is 31.4 Å². The maximum atomic E-state index is 4.81. The van der Waals surface area contributed by atoms with Crippen molar-refractivity contribution in [1.29, 1.82) is 0 Å². The average molecular weight is 261 g/mol. The minimum Gasteiger partial charge on any atom is -0.370 e. The molecule has 2 rings (SSSR count). The molecule has 0 bridgehead atoms. The van der Waals surface area contributed by atoms with Gasteiger partial charge in [0.15, 0.2) is 0 Å². The third kappa shape index (κ3) is 3.68. The van der Waals surface area contributed by atoms with E-state index in [0.717, 1.165) is 24.1 Å². The summed E-state index contributed by atoms with van der Waals surface area (Å²) in [6, 6.07) is 2.10. The monoisotopic (exact) mass is 261 g/mol. The fourth-order valence-corrected chi connectivity index (χ4v) is 2.75. The van der Waals surface area contributed by atoms with E-state index in [4.69, 9.17) is 9.97 Å². The van der Waals surface area contributed by atoms with Crippen LogP contribution >= 0.6 is 0 Å². The topological polar surface area (TPSA) is 37.8 Å². The van der Waals surface area contributed by atoms with E-state index >= 15 is 0 Å². The maximum absolute atomic E-state index is 4.81. The number of nitrogens with zero attached hydrogens (tertiary/aromatic N) is 2. The molecule has 1 fully saturated rings. The van der Waals surface area contributed by atoms with E-state index in [9.17, 15) is 0 Å². The molecule has 0 saturated heterocycles. The van der Waals surface area contributed by atoms with Crippen LogP contribution in [0.4, 0.5) is 5.82 Å². The average Bonchev–Trinajstić information content (AvgIpc) is 2.39. The summed E-state index contributed by atoms with van der Waals surface area (Å²) in [6.07, 6.45) is 5.12. The summed E-state index contributed by atoms with van der Waals surface area (Å²) in [7, 11) is 0. The zero-order valence-corrected chi connectivity index (χ0v) is 12.7. The third-order valence-corrected chi connectivity index (χ3v) is 4.09. The third-order valence-electron chi connectivity index (χ3n) is 4.09. The molecule has 0 aliphatic heterocycles. The minimum atomic E-state index is 0.460. The maximum Gasteiger partial charge on any atom is 0.134 e. The molecular weight excluding hydrogens is 234 g/mol. The van der Waals surface area contributed by atoms with Crippen LogP contribution in [0.15, 0.2) is 6.07 Å². The first-order valence-corrected chi connectivity index (χ1v) is 7.72. The molecule has 0 radical (unpaired) electrons. The van der Waals surface area contributed by atoms with E-state index in [1.807, 2.05) is 0 Å². The lowest BCUT2D eigenvalue weighted by Gasteiger charge is -2.25. The molecule has 0 spiro atoms. The molecule has 0 atom stereocenters. The van der Waals surface area contributed by atoms with Crippen molar-refractivity contribution >= 4 is 5.82 Å². The van der Waals surface area contributed by atoms with Crippen molar-refractivity contribution < 1.29 is 0 Å². The molecule has 1 heterocycles. The highest BCUT2D eigenvalue weighted by Crippen LogP contribution is 2.34. The second-order valence-electron chi connectivity index (χ2n) is 6.18. The Morgan fingerprint density at radius 3 is 2.47 bits per heavy atom. The quantitative estimate of drug-likeness (QED) is 0.876. The van der Waals surface area contributed by atoms with Crippen LogP contribution in [-0.2, 0) is 0 Å². The van der Waals surface area contributed by atoms with Gasteiger partial charge in [0.2, 0.25) is 0 Å². The molecule has 1 saturated carbocycles. The summed E-state index contributed by atoms with van der Waals surface area (Å²) < 4.78 is 0. The van der Waals surface area contributed by atoms with Crippen molar-refractivity contribution in [2.24, 2.45) is 5.92 Å². The molecule has 19 heavy (non-hydrogen) atoms. The Morgan fingerprint density at radius 2 is 1.89 bits per heavy atom. The fraction of sp³-hybridized carbons (Fsp3) is 0.750. The summed E-state index contributed by atoms with van der Waals surface area (Å²) in [5.74, 6) is 3.95. The van der Waals surface area contributed by atoms with Gasteiger partial charge in [-0.3, -0.25) is 0 Å². The second-order valence-corrected chi connectivity index (χ2v) is 6.18. The lowest BCUT2D eigenvalue weighted by atomic mass is 9.82. The van der Waals surface area contributed by atoms with Crippen molar-refractivity contribution in [2.45, 2.75) is 65.2 Å². The Bertz CT molecular complexity index is 406. The van der Waals surface area contributed by atoms with Gasteiger partial charge in [-0.15, -0.1) is 0 Å². The fourth-order valence-electron chi connectivity index (χ4n) is 2.75. The number of hydrogen-bond acceptors (Lipinski definition) is 3. The molecule has 0 aromatic carbocycles. The number of hydrogen-bond donors (Lipinski definition) is 1. The Balaban J connectivity index is 2.23. The summed E-state index contributed by atoms with van der Waals surface area (Å²) in [5.41, 5.74) is 1.17. The van der Waals surface area contributed by atoms with Crippen LogP contribution in [0.1, 0.15) is 76.7 Å². The largest absolute Gasteiger partial charge is 0.370 e. The lowest BCUT2D eigenvalue weighted by Crippen LogP contribution is -2.15. The van der Waals surface area contributed by atoms with Gasteiger partial charge in [0, 0.05) is 24.2 Å². The number of aromatic nitrogens is 2. The van der Waals surface area contributed by atoms with Gasteiger partial charge in [-0.1, -0.05) is 33.6 Å². The smallest absolute Gasteiger partial charge is 0.134 e. The second kappa shape index (κ2) is 6.36. The first kappa shape index (κ1) is 14.3. The van der Waals surface area contributed by atoms with Gasteiger partial charge in [0.1, 0.15) is 11.6 Å². The summed E-state index contributed by atoms with van der Waals surface area (Å²) in [5, 5.41) is 3.34. The molecule has 1 aliphatic carbocycles. The number of nitrogens with one attached hydrogen (secondary N) is 1. The van der Waals surface area contributed by atoms with Gasteiger partial charge in [-0.05, 0) is 31.6 Å². The van der Waals surface area contributed by atoms with Crippen LogP contribution in [-0.4, -0.2) is 16.5 Å². The van der Waals surface area contributed by atoms with Crippen molar-refractivity contribution in [3.63, 3.8) is 0 Å². The van der Waals surface area contributed by atoms with Gasteiger partial charge in [0.25, 0.3) is 0 Å². The van der Waals surface area contributed by atoms with E-state index < -0.39 is 0 Å². The van der Waals surface area contributed by atoms with Crippen LogP contribution in [0.3, 0.4) is 0 Å². The molecule has 106 valence electrons. The highest BCUT2D eigenvalue weighted by molar-refractivity contribution is 5.37. The number of anilines is 1. The van der Waals surface area contributed by atoms with E-state index in [2.05, 4.69) is 39.1 Å². The SMILES string of the molecule is CCNc1cc(C(C)C)nc(C2CCC(C)CC2)n1. The molecule has 3 heteroatoms. The Morgan fingerprint density at radius 1 is 1.21 bits per heavy atom. The first-order chi connectivity index (χ1) is 9.10. The Labute approximate surface area is 117 Å². The van der Waals surface area contributed by atoms with Crippen LogP contribution < -0.4 is 5.32 Å². The zero-order chi connectivity index (χ0) is 13.8. The molecule has 1 aromatic heterocycles. The highest BCUT2D eigenvalue weighted by atomic mass is 15.0. The molecule has 1 aromatic rings.